The van der Waals surface area contributed by atoms with Gasteiger partial charge in [0.25, 0.3) is 0 Å². The molecule has 0 N–H and O–H groups in total. The Morgan fingerprint density at radius 1 is 0.415 bits per heavy atom. The Morgan fingerprint density at radius 3 is 2.02 bits per heavy atom. The molecule has 9 aromatic rings. The first-order valence-electron chi connectivity index (χ1n) is 13.9. The van der Waals surface area contributed by atoms with Crippen molar-refractivity contribution in [3.05, 3.63) is 140 Å². The SMILES string of the molecule is c1ccc2c(c1)ccc1c(-c3ccc(-c4cccc5c4ccc4nc6ccccc6n45)cc3)c3ccccc3nc12. The number of hydrogen-bond donors (Lipinski definition) is 0. The van der Waals surface area contributed by atoms with Gasteiger partial charge in [0.1, 0.15) is 5.65 Å². The highest BCUT2D eigenvalue weighted by molar-refractivity contribution is 6.17. The molecular weight excluding hydrogens is 498 g/mol. The molecule has 0 atom stereocenters. The molecule has 190 valence electrons. The van der Waals surface area contributed by atoms with E-state index in [1.165, 1.54) is 49.2 Å². The van der Waals surface area contributed by atoms with Crippen LogP contribution in [0.15, 0.2) is 140 Å². The number of fused-ring (bicyclic) bond motifs is 9. The molecule has 0 saturated carbocycles. The second-order valence-electron chi connectivity index (χ2n) is 10.6. The molecule has 3 aromatic heterocycles. The number of rotatable bonds is 2. The first-order valence-corrected chi connectivity index (χ1v) is 13.9. The van der Waals surface area contributed by atoms with Crippen LogP contribution in [0, 0.1) is 0 Å². The van der Waals surface area contributed by atoms with Crippen LogP contribution in [0.25, 0.3) is 82.4 Å². The summed E-state index contributed by atoms with van der Waals surface area (Å²) in [6, 6.07) is 49.7. The number of nitrogens with zero attached hydrogens (tertiary/aromatic N) is 3. The van der Waals surface area contributed by atoms with Gasteiger partial charge in [-0.05, 0) is 58.5 Å². The Hall–Kier alpha value is -5.54. The van der Waals surface area contributed by atoms with E-state index >= 15 is 0 Å². The zero-order valence-electron chi connectivity index (χ0n) is 22.1. The highest BCUT2D eigenvalue weighted by Gasteiger charge is 2.15. The minimum Gasteiger partial charge on any atom is -0.292 e. The minimum atomic E-state index is 0.968. The monoisotopic (exact) mass is 521 g/mol. The number of para-hydroxylation sites is 3. The predicted octanol–water partition coefficient (Wildman–Crippen LogP) is 9.83. The maximum atomic E-state index is 5.13. The normalized spacial score (nSPS) is 11.9. The van der Waals surface area contributed by atoms with Gasteiger partial charge in [0.2, 0.25) is 0 Å². The van der Waals surface area contributed by atoms with E-state index in [1.54, 1.807) is 0 Å². The average Bonchev–Trinajstić information content (AvgIpc) is 3.43. The van der Waals surface area contributed by atoms with Gasteiger partial charge in [0.15, 0.2) is 0 Å². The van der Waals surface area contributed by atoms with Crippen LogP contribution in [0.2, 0.25) is 0 Å². The van der Waals surface area contributed by atoms with E-state index in [-0.39, 0.29) is 0 Å². The summed E-state index contributed by atoms with van der Waals surface area (Å²) in [5.41, 5.74) is 11.2. The van der Waals surface area contributed by atoms with E-state index in [9.17, 15) is 0 Å². The summed E-state index contributed by atoms with van der Waals surface area (Å²) in [4.78, 5) is 9.97. The molecule has 6 aromatic carbocycles. The zero-order valence-corrected chi connectivity index (χ0v) is 22.1. The van der Waals surface area contributed by atoms with E-state index in [4.69, 9.17) is 9.97 Å². The van der Waals surface area contributed by atoms with Gasteiger partial charge in [-0.1, -0.05) is 103 Å². The molecule has 9 rings (SSSR count). The summed E-state index contributed by atoms with van der Waals surface area (Å²) in [5.74, 6) is 0. The van der Waals surface area contributed by atoms with Gasteiger partial charge >= 0.3 is 0 Å². The van der Waals surface area contributed by atoms with Crippen molar-refractivity contribution >= 4 is 60.2 Å². The van der Waals surface area contributed by atoms with Crippen LogP contribution in [-0.4, -0.2) is 14.4 Å². The summed E-state index contributed by atoms with van der Waals surface area (Å²) in [5, 5.41) is 5.95. The molecule has 41 heavy (non-hydrogen) atoms. The quantitative estimate of drug-likeness (QED) is 0.167. The zero-order chi connectivity index (χ0) is 26.9. The van der Waals surface area contributed by atoms with Gasteiger partial charge in [-0.3, -0.25) is 4.40 Å². The van der Waals surface area contributed by atoms with E-state index in [0.717, 1.165) is 33.2 Å². The molecule has 0 bridgehead atoms. The molecule has 0 aliphatic heterocycles. The summed E-state index contributed by atoms with van der Waals surface area (Å²) < 4.78 is 2.27. The van der Waals surface area contributed by atoms with Crippen molar-refractivity contribution in [3.8, 4) is 22.3 Å². The fourth-order valence-corrected chi connectivity index (χ4v) is 6.50. The molecular formula is C38H23N3. The third-order valence-corrected chi connectivity index (χ3v) is 8.37. The van der Waals surface area contributed by atoms with Crippen molar-refractivity contribution in [1.82, 2.24) is 14.4 Å². The molecule has 0 unspecified atom stereocenters. The Kier molecular flexibility index (Phi) is 4.61. The van der Waals surface area contributed by atoms with Gasteiger partial charge in [-0.2, -0.15) is 0 Å². The summed E-state index contributed by atoms with van der Waals surface area (Å²) in [6.45, 7) is 0. The van der Waals surface area contributed by atoms with Crippen LogP contribution in [0.3, 0.4) is 0 Å². The lowest BCUT2D eigenvalue weighted by Gasteiger charge is -2.14. The van der Waals surface area contributed by atoms with Crippen LogP contribution in [0.4, 0.5) is 0 Å². The van der Waals surface area contributed by atoms with Crippen LogP contribution < -0.4 is 0 Å². The lowest BCUT2D eigenvalue weighted by Crippen LogP contribution is -1.92. The Bertz CT molecular complexity index is 2470. The van der Waals surface area contributed by atoms with E-state index in [1.807, 2.05) is 6.07 Å². The molecule has 0 aliphatic rings. The largest absolute Gasteiger partial charge is 0.292 e. The highest BCUT2D eigenvalue weighted by atomic mass is 15.0. The smallest absolute Gasteiger partial charge is 0.138 e. The molecule has 0 fully saturated rings. The number of pyridine rings is 2. The second kappa shape index (κ2) is 8.48. The maximum Gasteiger partial charge on any atom is 0.138 e. The predicted molar refractivity (Wildman–Crippen MR) is 171 cm³/mol. The lowest BCUT2D eigenvalue weighted by molar-refractivity contribution is 1.30. The number of benzene rings is 6. The van der Waals surface area contributed by atoms with Crippen molar-refractivity contribution in [1.29, 1.82) is 0 Å². The summed E-state index contributed by atoms with van der Waals surface area (Å²) in [7, 11) is 0. The molecule has 3 heteroatoms. The van der Waals surface area contributed by atoms with Crippen molar-refractivity contribution in [2.45, 2.75) is 0 Å². The minimum absolute atomic E-state index is 0.968. The Morgan fingerprint density at radius 2 is 1.12 bits per heavy atom. The fourth-order valence-electron chi connectivity index (χ4n) is 6.50. The van der Waals surface area contributed by atoms with Crippen molar-refractivity contribution < 1.29 is 0 Å². The third kappa shape index (κ3) is 3.26. The summed E-state index contributed by atoms with van der Waals surface area (Å²) in [6.07, 6.45) is 0. The van der Waals surface area contributed by atoms with E-state index < -0.39 is 0 Å². The second-order valence-corrected chi connectivity index (χ2v) is 10.6. The molecule has 0 amide bonds. The highest BCUT2D eigenvalue weighted by Crippen LogP contribution is 2.39. The van der Waals surface area contributed by atoms with Crippen molar-refractivity contribution in [3.63, 3.8) is 0 Å². The molecule has 0 radical (unpaired) electrons. The molecule has 0 aliphatic carbocycles. The van der Waals surface area contributed by atoms with Crippen molar-refractivity contribution in [2.24, 2.45) is 0 Å². The maximum absolute atomic E-state index is 5.13. The van der Waals surface area contributed by atoms with Gasteiger partial charge < -0.3 is 0 Å². The molecule has 0 spiro atoms. The molecule has 3 nitrogen and oxygen atoms in total. The Labute approximate surface area is 236 Å². The van der Waals surface area contributed by atoms with Gasteiger partial charge in [0, 0.05) is 27.1 Å². The summed E-state index contributed by atoms with van der Waals surface area (Å²) >= 11 is 0. The van der Waals surface area contributed by atoms with E-state index in [0.29, 0.717) is 0 Å². The fraction of sp³-hybridized carbons (Fsp3) is 0. The lowest BCUT2D eigenvalue weighted by atomic mass is 9.92. The van der Waals surface area contributed by atoms with Crippen LogP contribution in [0.1, 0.15) is 0 Å². The first-order chi connectivity index (χ1) is 20.3. The van der Waals surface area contributed by atoms with Gasteiger partial charge in [-0.15, -0.1) is 0 Å². The van der Waals surface area contributed by atoms with Crippen LogP contribution >= 0.6 is 0 Å². The van der Waals surface area contributed by atoms with Gasteiger partial charge in [-0.25, -0.2) is 9.97 Å². The number of aromatic nitrogens is 3. The average molecular weight is 522 g/mol. The number of hydrogen-bond acceptors (Lipinski definition) is 2. The van der Waals surface area contributed by atoms with Crippen molar-refractivity contribution in [2.75, 3.05) is 0 Å². The Balaban J connectivity index is 1.25. The van der Waals surface area contributed by atoms with E-state index in [2.05, 4.69) is 138 Å². The first kappa shape index (κ1) is 22.3. The third-order valence-electron chi connectivity index (χ3n) is 8.37. The topological polar surface area (TPSA) is 30.2 Å². The standard InChI is InChI=1S/C38H23N3/c1-2-9-28-24(8-1)20-21-31-37(30-10-3-4-12-32(30)40-38(28)31)26-18-16-25(17-19-26)27-11-7-15-34-29(27)22-23-36-39-33-13-5-6-14-35(33)41(34)36/h1-23H. The molecule has 0 saturated heterocycles. The number of imidazole rings is 1. The molecule has 3 heterocycles. The van der Waals surface area contributed by atoms with Gasteiger partial charge in [0.05, 0.1) is 27.6 Å². The van der Waals surface area contributed by atoms with Crippen LogP contribution in [0.5, 0.6) is 0 Å². The van der Waals surface area contributed by atoms with Crippen LogP contribution in [-0.2, 0) is 0 Å².